The fraction of sp³-hybridized carbons (Fsp3) is 0.154. The zero-order chi connectivity index (χ0) is 16.6. The fourth-order valence-electron chi connectivity index (χ4n) is 1.91. The standard InChI is InChI=1S/C13H11N3O5S2/c1-16-9(13(17)20-2)5-8(15-23(16,18)19)11-3-4-12(22-11)10-6-14-7-21-10/h3-7H,1-2H3. The molecule has 0 amide bonds. The molecule has 8 nitrogen and oxygen atoms in total. The summed E-state index contributed by atoms with van der Waals surface area (Å²) in [6, 6.07) is 3.47. The largest absolute Gasteiger partial charge is 0.464 e. The second-order valence-corrected chi connectivity index (χ2v) is 7.18. The van der Waals surface area contributed by atoms with Gasteiger partial charge in [-0.3, -0.25) is 0 Å². The Bertz CT molecular complexity index is 909. The average molecular weight is 353 g/mol. The highest BCUT2D eigenvalue weighted by Crippen LogP contribution is 2.30. The van der Waals surface area contributed by atoms with Gasteiger partial charge in [0.15, 0.2) is 12.2 Å². The maximum absolute atomic E-state index is 12.1. The number of hydrogen-bond donors (Lipinski definition) is 0. The number of aromatic nitrogens is 1. The highest BCUT2D eigenvalue weighted by Gasteiger charge is 2.31. The Labute approximate surface area is 135 Å². The first-order valence-electron chi connectivity index (χ1n) is 6.30. The minimum atomic E-state index is -3.98. The first kappa shape index (κ1) is 15.4. The van der Waals surface area contributed by atoms with E-state index in [1.807, 2.05) is 0 Å². The van der Waals surface area contributed by atoms with Crippen LogP contribution in [0.1, 0.15) is 4.88 Å². The summed E-state index contributed by atoms with van der Waals surface area (Å²) in [5.41, 5.74) is 0.0615. The Morgan fingerprint density at radius 3 is 2.74 bits per heavy atom. The molecule has 0 fully saturated rings. The molecule has 120 valence electrons. The molecule has 0 saturated heterocycles. The Morgan fingerprint density at radius 1 is 1.35 bits per heavy atom. The lowest BCUT2D eigenvalue weighted by atomic mass is 10.2. The molecular weight excluding hydrogens is 342 g/mol. The van der Waals surface area contributed by atoms with E-state index in [4.69, 9.17) is 4.42 Å². The summed E-state index contributed by atoms with van der Waals surface area (Å²) in [6.45, 7) is 0. The van der Waals surface area contributed by atoms with Gasteiger partial charge in [-0.2, -0.15) is 8.42 Å². The molecule has 2 aromatic rings. The number of methoxy groups -OCH3 is 1. The molecule has 1 aliphatic heterocycles. The molecule has 0 radical (unpaired) electrons. The Morgan fingerprint density at radius 2 is 2.09 bits per heavy atom. The summed E-state index contributed by atoms with van der Waals surface area (Å²) in [5.74, 6) is -0.190. The van der Waals surface area contributed by atoms with Crippen LogP contribution in [0.5, 0.6) is 0 Å². The third-order valence-corrected chi connectivity index (χ3v) is 5.54. The van der Waals surface area contributed by atoms with E-state index in [0.29, 0.717) is 10.6 Å². The number of oxazole rings is 1. The summed E-state index contributed by atoms with van der Waals surface area (Å²) in [6.07, 6.45) is 4.24. The van der Waals surface area contributed by atoms with Crippen molar-refractivity contribution in [2.24, 2.45) is 4.40 Å². The second-order valence-electron chi connectivity index (χ2n) is 4.47. The van der Waals surface area contributed by atoms with Gasteiger partial charge in [-0.15, -0.1) is 15.7 Å². The zero-order valence-electron chi connectivity index (χ0n) is 12.1. The Kier molecular flexibility index (Phi) is 3.78. The number of carbonyl (C=O) groups is 1. The number of carbonyl (C=O) groups excluding carboxylic acids is 1. The summed E-state index contributed by atoms with van der Waals surface area (Å²) in [4.78, 5) is 16.9. The van der Waals surface area contributed by atoms with E-state index in [2.05, 4.69) is 14.1 Å². The molecular formula is C13H11N3O5S2. The van der Waals surface area contributed by atoms with Crippen LogP contribution in [0.4, 0.5) is 0 Å². The number of likely N-dealkylation sites (N-methyl/N-ethyl adjacent to an activating group) is 1. The normalized spacial score (nSPS) is 16.7. The van der Waals surface area contributed by atoms with Gasteiger partial charge in [0.2, 0.25) is 0 Å². The van der Waals surface area contributed by atoms with Gasteiger partial charge in [0.25, 0.3) is 0 Å². The summed E-state index contributed by atoms with van der Waals surface area (Å²) >= 11 is 1.28. The van der Waals surface area contributed by atoms with Crippen LogP contribution in [0, 0.1) is 0 Å². The van der Waals surface area contributed by atoms with Crippen LogP contribution in [0.15, 0.2) is 45.3 Å². The highest BCUT2D eigenvalue weighted by atomic mass is 32.2. The van der Waals surface area contributed by atoms with Crippen molar-refractivity contribution in [3.05, 3.63) is 41.4 Å². The zero-order valence-corrected chi connectivity index (χ0v) is 13.7. The van der Waals surface area contributed by atoms with Crippen LogP contribution in [0.2, 0.25) is 0 Å². The number of ether oxygens (including phenoxy) is 1. The molecule has 23 heavy (non-hydrogen) atoms. The third-order valence-electron chi connectivity index (χ3n) is 3.10. The molecule has 0 aliphatic carbocycles. The van der Waals surface area contributed by atoms with E-state index in [-0.39, 0.29) is 11.4 Å². The van der Waals surface area contributed by atoms with Gasteiger partial charge < -0.3 is 9.15 Å². The molecule has 1 aliphatic rings. The minimum Gasteiger partial charge on any atom is -0.464 e. The Hall–Kier alpha value is -2.46. The van der Waals surface area contributed by atoms with Gasteiger partial charge in [-0.05, 0) is 18.2 Å². The van der Waals surface area contributed by atoms with Gasteiger partial charge in [0.1, 0.15) is 5.70 Å². The molecule has 0 saturated carbocycles. The van der Waals surface area contributed by atoms with Gasteiger partial charge in [-0.25, -0.2) is 14.1 Å². The molecule has 0 spiro atoms. The van der Waals surface area contributed by atoms with Crippen LogP contribution in [-0.4, -0.2) is 43.5 Å². The summed E-state index contributed by atoms with van der Waals surface area (Å²) in [5, 5.41) is 0. The van der Waals surface area contributed by atoms with E-state index >= 15 is 0 Å². The SMILES string of the molecule is COC(=O)C1=CC(c2ccc(-c3cnco3)s2)=NS(=O)(=O)N1C. The van der Waals surface area contributed by atoms with Crippen LogP contribution in [-0.2, 0) is 19.7 Å². The molecule has 3 rings (SSSR count). The fourth-order valence-corrected chi connectivity index (χ4v) is 3.79. The minimum absolute atomic E-state index is 0.105. The van der Waals surface area contributed by atoms with E-state index in [1.165, 1.54) is 38.0 Å². The molecule has 0 N–H and O–H groups in total. The topological polar surface area (TPSA) is 102 Å². The van der Waals surface area contributed by atoms with Crippen molar-refractivity contribution < 1.29 is 22.4 Å². The van der Waals surface area contributed by atoms with Crippen molar-refractivity contribution in [1.29, 1.82) is 0 Å². The maximum atomic E-state index is 12.1. The lowest BCUT2D eigenvalue weighted by Gasteiger charge is -2.21. The quantitative estimate of drug-likeness (QED) is 0.774. The molecule has 3 heterocycles. The monoisotopic (exact) mass is 353 g/mol. The van der Waals surface area contributed by atoms with Crippen LogP contribution in [0.3, 0.4) is 0 Å². The lowest BCUT2D eigenvalue weighted by molar-refractivity contribution is -0.137. The predicted molar refractivity (Wildman–Crippen MR) is 83.1 cm³/mol. The Balaban J connectivity index is 2.05. The number of rotatable bonds is 3. The van der Waals surface area contributed by atoms with Crippen molar-refractivity contribution in [2.45, 2.75) is 0 Å². The maximum Gasteiger partial charge on any atom is 0.355 e. The first-order valence-corrected chi connectivity index (χ1v) is 8.51. The smallest absolute Gasteiger partial charge is 0.355 e. The first-order chi connectivity index (χ1) is 10.9. The van der Waals surface area contributed by atoms with E-state index < -0.39 is 16.2 Å². The number of nitrogens with zero attached hydrogens (tertiary/aromatic N) is 3. The molecule has 0 aromatic carbocycles. The molecule has 0 unspecified atom stereocenters. The summed E-state index contributed by atoms with van der Waals surface area (Å²) in [7, 11) is -1.56. The molecule has 2 aromatic heterocycles. The van der Waals surface area contributed by atoms with Crippen LogP contribution < -0.4 is 0 Å². The van der Waals surface area contributed by atoms with E-state index in [0.717, 1.165) is 9.18 Å². The number of allylic oxidation sites excluding steroid dienone is 1. The number of hydrogen-bond acceptors (Lipinski definition) is 7. The molecule has 0 bridgehead atoms. The number of thiophene rings is 1. The van der Waals surface area contributed by atoms with E-state index in [9.17, 15) is 13.2 Å². The van der Waals surface area contributed by atoms with Crippen molar-refractivity contribution in [2.75, 3.05) is 14.2 Å². The third kappa shape index (κ3) is 2.78. The van der Waals surface area contributed by atoms with Crippen molar-refractivity contribution in [1.82, 2.24) is 9.29 Å². The number of esters is 1. The van der Waals surface area contributed by atoms with Crippen molar-refractivity contribution >= 4 is 33.2 Å². The van der Waals surface area contributed by atoms with Crippen molar-refractivity contribution in [3.63, 3.8) is 0 Å². The average Bonchev–Trinajstić information content (AvgIpc) is 3.19. The van der Waals surface area contributed by atoms with Gasteiger partial charge in [0, 0.05) is 7.05 Å². The van der Waals surface area contributed by atoms with Crippen molar-refractivity contribution in [3.8, 4) is 10.6 Å². The van der Waals surface area contributed by atoms with Gasteiger partial charge in [-0.1, -0.05) is 0 Å². The van der Waals surface area contributed by atoms with Gasteiger partial charge >= 0.3 is 16.2 Å². The lowest BCUT2D eigenvalue weighted by Crippen LogP contribution is -2.33. The highest BCUT2D eigenvalue weighted by molar-refractivity contribution is 7.88. The molecule has 0 atom stereocenters. The summed E-state index contributed by atoms with van der Waals surface area (Å²) < 4.78 is 38.5. The van der Waals surface area contributed by atoms with Gasteiger partial charge in [0.05, 0.1) is 28.8 Å². The second kappa shape index (κ2) is 5.63. The van der Waals surface area contributed by atoms with E-state index in [1.54, 1.807) is 18.3 Å². The van der Waals surface area contributed by atoms with Crippen LogP contribution >= 0.6 is 11.3 Å². The molecule has 10 heteroatoms. The predicted octanol–water partition coefficient (Wildman–Crippen LogP) is 1.44. The van der Waals surface area contributed by atoms with Crippen LogP contribution in [0.25, 0.3) is 10.6 Å².